The Balaban J connectivity index is 1.04. The van der Waals surface area contributed by atoms with Crippen LogP contribution in [0.4, 0.5) is 4.39 Å². The summed E-state index contributed by atoms with van der Waals surface area (Å²) in [5.41, 5.74) is 2.45. The number of benzene rings is 3. The van der Waals surface area contributed by atoms with Gasteiger partial charge in [0.05, 0.1) is 25.2 Å². The van der Waals surface area contributed by atoms with Gasteiger partial charge in [0.25, 0.3) is 0 Å². The van der Waals surface area contributed by atoms with Crippen molar-refractivity contribution in [1.82, 2.24) is 0 Å². The van der Waals surface area contributed by atoms with E-state index >= 15 is 0 Å². The van der Waals surface area contributed by atoms with Crippen LogP contribution in [0.3, 0.4) is 0 Å². The van der Waals surface area contributed by atoms with E-state index in [9.17, 15) is 14.0 Å². The minimum Gasteiger partial charge on any atom is -0.494 e. The first-order chi connectivity index (χ1) is 25.0. The molecule has 3 aromatic carbocycles. The van der Waals surface area contributed by atoms with Gasteiger partial charge in [-0.2, -0.15) is 0 Å². The van der Waals surface area contributed by atoms with Crippen molar-refractivity contribution in [3.05, 3.63) is 101 Å². The zero-order valence-corrected chi connectivity index (χ0v) is 30.8. The lowest BCUT2D eigenvalue weighted by atomic mass is 10.1. The minimum atomic E-state index is -0.992. The highest BCUT2D eigenvalue weighted by Crippen LogP contribution is 2.26. The first-order valence-corrected chi connectivity index (χ1v) is 19.5. The maximum absolute atomic E-state index is 14.1. The predicted octanol–water partition coefficient (Wildman–Crippen LogP) is 11.6. The Hall–Kier alpha value is -4.17. The number of hydrogen-bond donors (Lipinski definition) is 0. The normalized spacial score (nSPS) is 11.6. The minimum absolute atomic E-state index is 0.0150. The van der Waals surface area contributed by atoms with Gasteiger partial charge in [0, 0.05) is 4.88 Å². The van der Waals surface area contributed by atoms with Crippen LogP contribution in [0, 0.1) is 0 Å². The first kappa shape index (κ1) is 39.6. The monoisotopic (exact) mass is 716 g/mol. The molecule has 0 aliphatic rings. The Morgan fingerprint density at radius 2 is 1.22 bits per heavy atom. The molecule has 0 amide bonds. The quantitative estimate of drug-likeness (QED) is 0.0386. The Labute approximate surface area is 307 Å². The Bertz CT molecular complexity index is 1520. The van der Waals surface area contributed by atoms with Crippen LogP contribution in [0.1, 0.15) is 106 Å². The van der Waals surface area contributed by atoms with E-state index in [1.807, 2.05) is 53.9 Å². The molecular weight excluding hydrogens is 664 g/mol. The van der Waals surface area contributed by atoms with Crippen LogP contribution in [-0.2, 0) is 16.0 Å². The van der Waals surface area contributed by atoms with Gasteiger partial charge in [-0.25, -0.2) is 9.18 Å². The number of thiophene rings is 1. The fourth-order valence-electron chi connectivity index (χ4n) is 5.62. The number of unbranched alkanes of at least 4 members (excludes halogenated alkanes) is 10. The fraction of sp³-hybridized carbons (Fsp3) is 0.442. The second-order valence-electron chi connectivity index (χ2n) is 12.9. The SMILES string of the molecule is CCCCCC[C@H](F)COc1ccc(C(=O)Oc2ccc(-c3ccc(OCCCCCCCCCCOC(=O)Cc4cccs4)cc3)cc2)cc1. The van der Waals surface area contributed by atoms with Crippen LogP contribution in [0.15, 0.2) is 90.3 Å². The van der Waals surface area contributed by atoms with E-state index in [4.69, 9.17) is 18.9 Å². The molecule has 0 saturated heterocycles. The van der Waals surface area contributed by atoms with Crippen molar-refractivity contribution in [2.24, 2.45) is 0 Å². The van der Waals surface area contributed by atoms with Crippen molar-refractivity contribution in [1.29, 1.82) is 0 Å². The number of rotatable bonds is 25. The standard InChI is InChI=1S/C43H53FO6S/c1-2-3-4-11-15-37(44)33-49-39-25-21-36(22-26-39)43(46)50-40-27-19-35(20-28-40)34-17-23-38(24-18-34)47-29-12-9-7-5-6-8-10-13-30-48-42(45)32-41-16-14-31-51-41/h14,16-28,31,37H,2-13,15,29-30,32-33H2,1H3/t37-/m0/s1. The van der Waals surface area contributed by atoms with Gasteiger partial charge in [0.2, 0.25) is 0 Å². The zero-order chi connectivity index (χ0) is 35.9. The molecule has 0 bridgehead atoms. The number of halogens is 1. The summed E-state index contributed by atoms with van der Waals surface area (Å²) >= 11 is 1.59. The summed E-state index contributed by atoms with van der Waals surface area (Å²) in [6.07, 6.45) is 13.1. The molecule has 1 heterocycles. The van der Waals surface area contributed by atoms with Crippen LogP contribution in [-0.4, -0.2) is 37.9 Å². The van der Waals surface area contributed by atoms with Gasteiger partial charge >= 0.3 is 11.9 Å². The van der Waals surface area contributed by atoms with E-state index in [0.29, 0.717) is 43.1 Å². The number of carbonyl (C=O) groups is 2. The lowest BCUT2D eigenvalue weighted by Crippen LogP contribution is -2.13. The molecule has 6 nitrogen and oxygen atoms in total. The van der Waals surface area contributed by atoms with Crippen molar-refractivity contribution in [3.63, 3.8) is 0 Å². The lowest BCUT2D eigenvalue weighted by molar-refractivity contribution is -0.142. The fourth-order valence-corrected chi connectivity index (χ4v) is 6.31. The molecule has 1 aromatic heterocycles. The van der Waals surface area contributed by atoms with Crippen molar-refractivity contribution in [3.8, 4) is 28.4 Å². The number of carbonyl (C=O) groups excluding carboxylic acids is 2. The average molecular weight is 717 g/mol. The van der Waals surface area contributed by atoms with Gasteiger partial charge < -0.3 is 18.9 Å². The number of ether oxygens (including phenoxy) is 4. The summed E-state index contributed by atoms with van der Waals surface area (Å²) in [5.74, 6) is 1.24. The third kappa shape index (κ3) is 15.7. The number of esters is 2. The highest BCUT2D eigenvalue weighted by atomic mass is 32.1. The van der Waals surface area contributed by atoms with Crippen molar-refractivity contribution >= 4 is 23.3 Å². The van der Waals surface area contributed by atoms with Crippen LogP contribution in [0.2, 0.25) is 0 Å². The molecule has 0 N–H and O–H groups in total. The highest BCUT2D eigenvalue weighted by Gasteiger charge is 2.11. The molecule has 0 spiro atoms. The molecule has 274 valence electrons. The Morgan fingerprint density at radius 1 is 0.647 bits per heavy atom. The molecule has 8 heteroatoms. The van der Waals surface area contributed by atoms with Crippen molar-refractivity contribution < 1.29 is 32.9 Å². The molecule has 0 aliphatic carbocycles. The Morgan fingerprint density at radius 3 is 1.84 bits per heavy atom. The smallest absolute Gasteiger partial charge is 0.343 e. The molecule has 51 heavy (non-hydrogen) atoms. The molecule has 4 rings (SSSR count). The molecule has 0 radical (unpaired) electrons. The molecule has 0 aliphatic heterocycles. The van der Waals surface area contributed by atoms with E-state index in [1.54, 1.807) is 47.7 Å². The maximum Gasteiger partial charge on any atom is 0.343 e. The largest absolute Gasteiger partial charge is 0.494 e. The third-order valence-electron chi connectivity index (χ3n) is 8.61. The van der Waals surface area contributed by atoms with Crippen molar-refractivity contribution in [2.45, 2.75) is 103 Å². The summed E-state index contributed by atoms with van der Waals surface area (Å²) in [6, 6.07) is 25.9. The summed E-state index contributed by atoms with van der Waals surface area (Å²) in [5, 5.41) is 1.98. The Kier molecular flexibility index (Phi) is 18.1. The van der Waals surface area contributed by atoms with Gasteiger partial charge in [-0.15, -0.1) is 11.3 Å². The van der Waals surface area contributed by atoms with Gasteiger partial charge in [-0.05, 0) is 90.4 Å². The van der Waals surface area contributed by atoms with Gasteiger partial charge in [-0.3, -0.25) is 4.79 Å². The predicted molar refractivity (Wildman–Crippen MR) is 204 cm³/mol. The lowest BCUT2D eigenvalue weighted by Gasteiger charge is -2.11. The zero-order valence-electron chi connectivity index (χ0n) is 30.0. The number of alkyl halides is 1. The summed E-state index contributed by atoms with van der Waals surface area (Å²) in [7, 11) is 0. The third-order valence-corrected chi connectivity index (χ3v) is 9.49. The van der Waals surface area contributed by atoms with E-state index in [1.165, 1.54) is 25.7 Å². The van der Waals surface area contributed by atoms with Gasteiger partial charge in [-0.1, -0.05) is 101 Å². The topological polar surface area (TPSA) is 71.1 Å². The van der Waals surface area contributed by atoms with Crippen molar-refractivity contribution in [2.75, 3.05) is 19.8 Å². The maximum atomic E-state index is 14.1. The van der Waals surface area contributed by atoms with Crippen LogP contribution >= 0.6 is 11.3 Å². The van der Waals surface area contributed by atoms with E-state index in [0.717, 1.165) is 73.1 Å². The highest BCUT2D eigenvalue weighted by molar-refractivity contribution is 7.10. The summed E-state index contributed by atoms with van der Waals surface area (Å²) < 4.78 is 36.5. The first-order valence-electron chi connectivity index (χ1n) is 18.6. The van der Waals surface area contributed by atoms with Gasteiger partial charge in [0.15, 0.2) is 0 Å². The molecule has 0 unspecified atom stereocenters. The number of hydrogen-bond acceptors (Lipinski definition) is 7. The molecule has 1 atom stereocenters. The second-order valence-corrected chi connectivity index (χ2v) is 13.9. The van der Waals surface area contributed by atoms with Crippen LogP contribution in [0.5, 0.6) is 17.2 Å². The average Bonchev–Trinajstić information content (AvgIpc) is 3.67. The van der Waals surface area contributed by atoms with E-state index in [-0.39, 0.29) is 12.6 Å². The molecular formula is C43H53FO6S. The summed E-state index contributed by atoms with van der Waals surface area (Å²) in [4.78, 5) is 25.5. The molecule has 0 saturated carbocycles. The van der Waals surface area contributed by atoms with Gasteiger partial charge in [0.1, 0.15) is 30.0 Å². The summed E-state index contributed by atoms with van der Waals surface area (Å²) in [6.45, 7) is 3.37. The van der Waals surface area contributed by atoms with Crippen LogP contribution < -0.4 is 14.2 Å². The second kappa shape index (κ2) is 23.3. The van der Waals surface area contributed by atoms with E-state index in [2.05, 4.69) is 6.92 Å². The molecule has 0 fully saturated rings. The van der Waals surface area contributed by atoms with E-state index < -0.39 is 12.1 Å². The molecule has 4 aromatic rings. The van der Waals surface area contributed by atoms with Crippen LogP contribution in [0.25, 0.3) is 11.1 Å².